The zero-order chi connectivity index (χ0) is 10.6. The predicted octanol–water partition coefficient (Wildman–Crippen LogP) is 3.20. The van der Waals surface area contributed by atoms with Gasteiger partial charge in [0.1, 0.15) is 0 Å². The molecule has 0 aliphatic heterocycles. The van der Waals surface area contributed by atoms with Crippen LogP contribution in [0.1, 0.15) is 38.7 Å². The second kappa shape index (κ2) is 5.16. The van der Waals surface area contributed by atoms with E-state index in [1.54, 1.807) is 0 Å². The number of aliphatic hydroxyl groups is 1. The summed E-state index contributed by atoms with van der Waals surface area (Å²) >= 11 is 0. The van der Waals surface area contributed by atoms with Gasteiger partial charge in [-0.15, -0.1) is 0 Å². The highest BCUT2D eigenvalue weighted by Gasteiger charge is 2.20. The van der Waals surface area contributed by atoms with Gasteiger partial charge in [0.15, 0.2) is 0 Å². The number of hydrogen-bond acceptors (Lipinski definition) is 1. The zero-order valence-corrected chi connectivity index (χ0v) is 9.27. The van der Waals surface area contributed by atoms with E-state index in [0.717, 1.165) is 6.42 Å². The third-order valence-electron chi connectivity index (χ3n) is 3.06. The predicted molar refractivity (Wildman–Crippen MR) is 60.3 cm³/mol. The molecular formula is C13H20O. The van der Waals surface area contributed by atoms with Gasteiger partial charge in [-0.05, 0) is 11.5 Å². The molecule has 3 unspecified atom stereocenters. The van der Waals surface area contributed by atoms with E-state index in [9.17, 15) is 5.11 Å². The summed E-state index contributed by atoms with van der Waals surface area (Å²) in [4.78, 5) is 0. The lowest BCUT2D eigenvalue weighted by Gasteiger charge is -2.24. The van der Waals surface area contributed by atoms with Crippen molar-refractivity contribution in [1.82, 2.24) is 0 Å². The first-order valence-electron chi connectivity index (χ1n) is 5.39. The molecule has 78 valence electrons. The Bertz CT molecular complexity index is 255. The summed E-state index contributed by atoms with van der Waals surface area (Å²) < 4.78 is 0. The molecule has 0 amide bonds. The zero-order valence-electron chi connectivity index (χ0n) is 9.27. The second-order valence-corrected chi connectivity index (χ2v) is 4.08. The van der Waals surface area contributed by atoms with E-state index in [-0.39, 0.29) is 12.0 Å². The van der Waals surface area contributed by atoms with Crippen LogP contribution >= 0.6 is 0 Å². The molecule has 1 aromatic rings. The number of hydrogen-bond donors (Lipinski definition) is 1. The standard InChI is InChI=1S/C13H20O/c1-4-10(2)13(14)11(3)12-8-6-5-7-9-12/h5-11,13-14H,4H2,1-3H3. The third-order valence-corrected chi connectivity index (χ3v) is 3.06. The van der Waals surface area contributed by atoms with E-state index >= 15 is 0 Å². The van der Waals surface area contributed by atoms with Crippen LogP contribution in [0.5, 0.6) is 0 Å². The molecule has 1 nitrogen and oxygen atoms in total. The van der Waals surface area contributed by atoms with Crippen LogP contribution in [-0.4, -0.2) is 11.2 Å². The number of rotatable bonds is 4. The SMILES string of the molecule is CCC(C)C(O)C(C)c1ccccc1. The fourth-order valence-corrected chi connectivity index (χ4v) is 1.69. The first kappa shape index (κ1) is 11.3. The molecule has 0 aromatic heterocycles. The maximum absolute atomic E-state index is 10.0. The molecule has 0 spiro atoms. The van der Waals surface area contributed by atoms with Crippen LogP contribution in [0.4, 0.5) is 0 Å². The van der Waals surface area contributed by atoms with E-state index in [1.807, 2.05) is 18.2 Å². The Morgan fingerprint density at radius 1 is 1.14 bits per heavy atom. The lowest BCUT2D eigenvalue weighted by molar-refractivity contribution is 0.0918. The highest BCUT2D eigenvalue weighted by Crippen LogP contribution is 2.24. The Kier molecular flexibility index (Phi) is 4.15. The van der Waals surface area contributed by atoms with Crippen LogP contribution in [0.15, 0.2) is 30.3 Å². The Morgan fingerprint density at radius 3 is 2.21 bits per heavy atom. The monoisotopic (exact) mass is 192 g/mol. The molecule has 0 heterocycles. The fraction of sp³-hybridized carbons (Fsp3) is 0.538. The summed E-state index contributed by atoms with van der Waals surface area (Å²) in [7, 11) is 0. The summed E-state index contributed by atoms with van der Waals surface area (Å²) in [5.74, 6) is 0.594. The molecule has 0 fully saturated rings. The van der Waals surface area contributed by atoms with E-state index in [0.29, 0.717) is 5.92 Å². The summed E-state index contributed by atoms with van der Waals surface area (Å²) in [5.41, 5.74) is 1.22. The van der Waals surface area contributed by atoms with Crippen LogP contribution in [0.2, 0.25) is 0 Å². The van der Waals surface area contributed by atoms with Gasteiger partial charge in [-0.2, -0.15) is 0 Å². The summed E-state index contributed by atoms with van der Waals surface area (Å²) in [6, 6.07) is 10.2. The molecule has 0 bridgehead atoms. The van der Waals surface area contributed by atoms with Crippen molar-refractivity contribution in [2.75, 3.05) is 0 Å². The first-order chi connectivity index (χ1) is 6.66. The maximum atomic E-state index is 10.0. The molecule has 0 aliphatic rings. The third kappa shape index (κ3) is 2.58. The Labute approximate surface area is 86.8 Å². The normalized spacial score (nSPS) is 17.4. The highest BCUT2D eigenvalue weighted by molar-refractivity contribution is 5.19. The van der Waals surface area contributed by atoms with Gasteiger partial charge in [-0.3, -0.25) is 0 Å². The molecule has 3 atom stereocenters. The molecule has 1 aromatic carbocycles. The molecule has 0 saturated heterocycles. The second-order valence-electron chi connectivity index (χ2n) is 4.08. The average molecular weight is 192 g/mol. The summed E-state index contributed by atoms with van der Waals surface area (Å²) in [6.45, 7) is 6.31. The van der Waals surface area contributed by atoms with Gasteiger partial charge in [0.2, 0.25) is 0 Å². The molecule has 1 N–H and O–H groups in total. The van der Waals surface area contributed by atoms with Crippen molar-refractivity contribution in [3.8, 4) is 0 Å². The lowest BCUT2D eigenvalue weighted by Crippen LogP contribution is -2.23. The van der Waals surface area contributed by atoms with E-state index in [4.69, 9.17) is 0 Å². The van der Waals surface area contributed by atoms with Crippen molar-refractivity contribution >= 4 is 0 Å². The maximum Gasteiger partial charge on any atom is 0.0631 e. The smallest absolute Gasteiger partial charge is 0.0631 e. The number of aliphatic hydroxyl groups excluding tert-OH is 1. The molecule has 0 radical (unpaired) electrons. The van der Waals surface area contributed by atoms with Crippen molar-refractivity contribution in [3.63, 3.8) is 0 Å². The van der Waals surface area contributed by atoms with Gasteiger partial charge in [0.25, 0.3) is 0 Å². The van der Waals surface area contributed by atoms with Gasteiger partial charge in [-0.1, -0.05) is 57.5 Å². The minimum atomic E-state index is -0.234. The van der Waals surface area contributed by atoms with Crippen LogP contribution in [0.3, 0.4) is 0 Å². The molecule has 14 heavy (non-hydrogen) atoms. The van der Waals surface area contributed by atoms with Crippen molar-refractivity contribution < 1.29 is 5.11 Å². The Balaban J connectivity index is 2.70. The van der Waals surface area contributed by atoms with E-state index < -0.39 is 0 Å². The molecule has 1 heteroatoms. The minimum Gasteiger partial charge on any atom is -0.392 e. The van der Waals surface area contributed by atoms with Crippen LogP contribution in [0.25, 0.3) is 0 Å². The van der Waals surface area contributed by atoms with Crippen molar-refractivity contribution in [2.45, 2.75) is 39.2 Å². The summed E-state index contributed by atoms with van der Waals surface area (Å²) in [6.07, 6.45) is 0.792. The molecule has 0 aliphatic carbocycles. The van der Waals surface area contributed by atoms with Gasteiger partial charge in [0.05, 0.1) is 6.10 Å². The van der Waals surface area contributed by atoms with Crippen LogP contribution in [0, 0.1) is 5.92 Å². The van der Waals surface area contributed by atoms with Crippen LogP contribution < -0.4 is 0 Å². The Morgan fingerprint density at radius 2 is 1.71 bits per heavy atom. The van der Waals surface area contributed by atoms with Crippen molar-refractivity contribution in [2.24, 2.45) is 5.92 Å². The average Bonchev–Trinajstić information content (AvgIpc) is 2.27. The van der Waals surface area contributed by atoms with Crippen LogP contribution in [-0.2, 0) is 0 Å². The summed E-state index contributed by atoms with van der Waals surface area (Å²) in [5, 5.41) is 10.0. The Hall–Kier alpha value is -0.820. The van der Waals surface area contributed by atoms with Gasteiger partial charge in [0, 0.05) is 5.92 Å². The number of benzene rings is 1. The van der Waals surface area contributed by atoms with Gasteiger partial charge >= 0.3 is 0 Å². The first-order valence-corrected chi connectivity index (χ1v) is 5.39. The topological polar surface area (TPSA) is 20.2 Å². The van der Waals surface area contributed by atoms with Crippen molar-refractivity contribution in [3.05, 3.63) is 35.9 Å². The largest absolute Gasteiger partial charge is 0.392 e. The molecular weight excluding hydrogens is 172 g/mol. The molecule has 0 saturated carbocycles. The lowest BCUT2D eigenvalue weighted by atomic mass is 9.87. The van der Waals surface area contributed by atoms with Gasteiger partial charge < -0.3 is 5.11 Å². The van der Waals surface area contributed by atoms with E-state index in [2.05, 4.69) is 32.9 Å². The highest BCUT2D eigenvalue weighted by atomic mass is 16.3. The van der Waals surface area contributed by atoms with E-state index in [1.165, 1.54) is 5.56 Å². The van der Waals surface area contributed by atoms with Gasteiger partial charge in [-0.25, -0.2) is 0 Å². The van der Waals surface area contributed by atoms with Crippen molar-refractivity contribution in [1.29, 1.82) is 0 Å². The quantitative estimate of drug-likeness (QED) is 0.776. The minimum absolute atomic E-state index is 0.228. The fourth-order valence-electron chi connectivity index (χ4n) is 1.69. The molecule has 1 rings (SSSR count).